The molecule has 0 aliphatic heterocycles. The highest BCUT2D eigenvalue weighted by molar-refractivity contribution is 6.14. The molecule has 8 aromatic carbocycles. The Bertz CT molecular complexity index is 6070. The SMILES string of the molecule is Cc1ccc(-c2c(C)cc(C#N)c3c2oc2ccccc23)[n+](C)c1.Cc1ccc(-c2c(C)ccc3c2oc2cccc(C#N)c23)[n+](C)c1.[C-]#[N+]c1ccc2c(c1)oc1cc(-c3ccc(C)c[n+]3C)c(C)cc12.[C-]#[N+]c1cccc2c1oc1cc(-c3ccc(C)c[n+]3C)c(C)cc12. The summed E-state index contributed by atoms with van der Waals surface area (Å²) in [4.78, 5) is 7.05. The Morgan fingerprint density at radius 3 is 1.41 bits per heavy atom. The van der Waals surface area contributed by atoms with Crippen LogP contribution in [0.5, 0.6) is 0 Å². The number of aromatic nitrogens is 4. The molecule has 0 aliphatic rings. The lowest BCUT2D eigenvalue weighted by Gasteiger charge is -2.07. The van der Waals surface area contributed by atoms with Gasteiger partial charge in [0.2, 0.25) is 28.5 Å². The van der Waals surface area contributed by atoms with Crippen LogP contribution in [0.1, 0.15) is 55.6 Å². The van der Waals surface area contributed by atoms with Gasteiger partial charge in [-0.05, 0) is 157 Å². The number of nitriles is 2. The van der Waals surface area contributed by atoms with E-state index >= 15 is 0 Å². The minimum absolute atomic E-state index is 0.559. The molecule has 0 N–H and O–H groups in total. The summed E-state index contributed by atoms with van der Waals surface area (Å²) < 4.78 is 32.9. The lowest BCUT2D eigenvalue weighted by atomic mass is 9.96. The van der Waals surface area contributed by atoms with Gasteiger partial charge in [-0.2, -0.15) is 10.5 Å². The molecule has 0 spiro atoms. The Kier molecular flexibility index (Phi) is 16.4. The summed E-state index contributed by atoms with van der Waals surface area (Å²) in [7, 11) is 8.20. The predicted molar refractivity (Wildman–Crippen MR) is 381 cm³/mol. The summed E-state index contributed by atoms with van der Waals surface area (Å²) in [6, 6.07) is 61.0. The van der Waals surface area contributed by atoms with E-state index in [2.05, 4.69) is 212 Å². The molecule has 0 bridgehead atoms. The van der Waals surface area contributed by atoms with Crippen LogP contribution in [0.15, 0.2) is 212 Å². The van der Waals surface area contributed by atoms with Crippen LogP contribution >= 0.6 is 0 Å². The normalized spacial score (nSPS) is 11.1. The summed E-state index contributed by atoms with van der Waals surface area (Å²) in [6.07, 6.45) is 8.45. The highest BCUT2D eigenvalue weighted by atomic mass is 16.3. The fourth-order valence-electron chi connectivity index (χ4n) is 13.5. The van der Waals surface area contributed by atoms with Crippen LogP contribution in [-0.2, 0) is 28.2 Å². The molecule has 0 atom stereocenters. The Labute approximate surface area is 556 Å². The number of furan rings is 4. The maximum atomic E-state index is 9.59. The molecule has 464 valence electrons. The molecule has 8 heterocycles. The average molecular weight is 1250 g/mol. The smallest absolute Gasteiger partial charge is 0.229 e. The first kappa shape index (κ1) is 62.3. The molecule has 0 saturated heterocycles. The molecular weight excluding hydrogens is 1180 g/mol. The standard InChI is InChI=1S/4C21H17N2O/c1-13-5-8-19(23(4)12-13)17-11-21-18(9-14(17)2)16-7-6-15(22-3)10-20(16)24-21;1-13-8-9-19(23(4)12-13)16-11-20-17(10-14(16)2)15-6-5-7-18(22-3)21(15)24-20;1-13-7-10-17(23(3)12-13)19-14(2)8-9-16-20-15(11-22)5-4-6-18(20)24-21(16)19;1-13-8-9-17(23(3)12-13)19-14(2)10-15(11-22)20-16-6-4-5-7-18(16)24-21(19)20/h2*5-12H,1-2,4H3;2*4-10,12H,1-3H3/q4*+1. The van der Waals surface area contributed by atoms with Gasteiger partial charge in [0, 0.05) is 89.6 Å². The first-order chi connectivity index (χ1) is 46.3. The van der Waals surface area contributed by atoms with E-state index in [1.165, 1.54) is 33.4 Å². The van der Waals surface area contributed by atoms with Gasteiger partial charge in [-0.25, -0.2) is 28.0 Å². The highest BCUT2D eigenvalue weighted by Gasteiger charge is 2.26. The van der Waals surface area contributed by atoms with Gasteiger partial charge < -0.3 is 17.7 Å². The maximum Gasteiger partial charge on any atom is 0.229 e. The first-order valence-corrected chi connectivity index (χ1v) is 31.6. The van der Waals surface area contributed by atoms with Gasteiger partial charge in [0.1, 0.15) is 67.3 Å². The zero-order valence-electron chi connectivity index (χ0n) is 55.7. The second-order valence-electron chi connectivity index (χ2n) is 25.0. The van der Waals surface area contributed by atoms with Crippen molar-refractivity contribution in [3.05, 3.63) is 273 Å². The van der Waals surface area contributed by atoms with Crippen LogP contribution < -0.4 is 18.3 Å². The number of aryl methyl sites for hydroxylation is 12. The molecule has 0 unspecified atom stereocenters. The minimum atomic E-state index is 0.559. The van der Waals surface area contributed by atoms with Crippen molar-refractivity contribution in [2.24, 2.45) is 28.2 Å². The summed E-state index contributed by atoms with van der Waals surface area (Å²) in [5.41, 5.74) is 27.1. The van der Waals surface area contributed by atoms with Crippen LogP contribution in [0.25, 0.3) is 142 Å². The second-order valence-corrected chi connectivity index (χ2v) is 25.0. The molecule has 16 rings (SSSR count). The molecule has 0 radical (unpaired) electrons. The third kappa shape index (κ3) is 11.3. The van der Waals surface area contributed by atoms with Gasteiger partial charge >= 0.3 is 0 Å². The van der Waals surface area contributed by atoms with Crippen LogP contribution in [-0.4, -0.2) is 0 Å². The zero-order valence-corrected chi connectivity index (χ0v) is 55.7. The Balaban J connectivity index is 0.000000116. The minimum Gasteiger partial charge on any atom is -0.467 e. The molecule has 96 heavy (non-hydrogen) atoms. The van der Waals surface area contributed by atoms with E-state index in [0.717, 1.165) is 138 Å². The Morgan fingerprint density at radius 1 is 0.344 bits per heavy atom. The number of hydrogen-bond donors (Lipinski definition) is 0. The molecule has 0 aliphatic carbocycles. The molecule has 12 nitrogen and oxygen atoms in total. The quantitative estimate of drug-likeness (QED) is 0.128. The van der Waals surface area contributed by atoms with Gasteiger partial charge in [0.25, 0.3) is 0 Å². The lowest BCUT2D eigenvalue weighted by Crippen LogP contribution is -2.31. The second kappa shape index (κ2) is 25.2. The molecule has 16 aromatic rings. The number of benzene rings is 8. The van der Waals surface area contributed by atoms with Crippen molar-refractivity contribution >= 4 is 99.1 Å². The lowest BCUT2D eigenvalue weighted by molar-refractivity contribution is -0.660. The summed E-state index contributed by atoms with van der Waals surface area (Å²) in [5, 5.41) is 27.0. The van der Waals surface area contributed by atoms with Gasteiger partial charge in [-0.3, -0.25) is 0 Å². The Morgan fingerprint density at radius 2 is 0.833 bits per heavy atom. The molecular formula is C84H68N8O4+4. The topological polar surface area (TPSA) is 124 Å². The van der Waals surface area contributed by atoms with Crippen molar-refractivity contribution in [3.8, 4) is 57.2 Å². The molecule has 8 aromatic heterocycles. The third-order valence-corrected chi connectivity index (χ3v) is 18.0. The molecule has 0 amide bonds. The summed E-state index contributed by atoms with van der Waals surface area (Å²) in [5.74, 6) is 0. The highest BCUT2D eigenvalue weighted by Crippen LogP contribution is 2.42. The Hall–Kier alpha value is -12.5. The van der Waals surface area contributed by atoms with Crippen molar-refractivity contribution in [3.63, 3.8) is 0 Å². The van der Waals surface area contributed by atoms with E-state index in [-0.39, 0.29) is 0 Å². The van der Waals surface area contributed by atoms with Crippen molar-refractivity contribution in [1.29, 1.82) is 10.5 Å². The third-order valence-electron chi connectivity index (χ3n) is 18.0. The van der Waals surface area contributed by atoms with E-state index < -0.39 is 0 Å². The monoisotopic (exact) mass is 1250 g/mol. The van der Waals surface area contributed by atoms with Crippen LogP contribution in [0.4, 0.5) is 11.4 Å². The number of rotatable bonds is 4. The van der Waals surface area contributed by atoms with Gasteiger partial charge in [-0.15, -0.1) is 0 Å². The van der Waals surface area contributed by atoms with Crippen LogP contribution in [0.2, 0.25) is 0 Å². The largest absolute Gasteiger partial charge is 0.467 e. The first-order valence-electron chi connectivity index (χ1n) is 31.6. The molecule has 0 saturated carbocycles. The van der Waals surface area contributed by atoms with E-state index in [0.29, 0.717) is 28.1 Å². The van der Waals surface area contributed by atoms with Crippen molar-refractivity contribution in [2.45, 2.75) is 55.4 Å². The van der Waals surface area contributed by atoms with E-state index in [1.807, 2.05) is 99.9 Å². The van der Waals surface area contributed by atoms with Gasteiger partial charge in [-0.1, -0.05) is 66.7 Å². The van der Waals surface area contributed by atoms with E-state index in [9.17, 15) is 10.5 Å². The number of nitrogens with zero attached hydrogens (tertiary/aromatic N) is 8. The fourth-order valence-corrected chi connectivity index (χ4v) is 13.5. The molecule has 12 heteroatoms. The number of pyridine rings is 4. The number of hydrogen-bond acceptors (Lipinski definition) is 6. The average Bonchev–Trinajstić information content (AvgIpc) is 1.51. The van der Waals surface area contributed by atoms with Crippen LogP contribution in [0, 0.1) is 91.2 Å². The van der Waals surface area contributed by atoms with Crippen LogP contribution in [0.3, 0.4) is 0 Å². The zero-order chi connectivity index (χ0) is 67.4. The van der Waals surface area contributed by atoms with Gasteiger partial charge in [0.15, 0.2) is 36.1 Å². The predicted octanol–water partition coefficient (Wildman–Crippen LogP) is 19.6. The van der Waals surface area contributed by atoms with E-state index in [1.54, 1.807) is 6.07 Å². The maximum absolute atomic E-state index is 9.59. The fraction of sp³-hybridized carbons (Fsp3) is 0.143. The van der Waals surface area contributed by atoms with Gasteiger partial charge in [0.05, 0.1) is 58.7 Å². The summed E-state index contributed by atoms with van der Waals surface area (Å²) in [6.45, 7) is 31.2. The van der Waals surface area contributed by atoms with E-state index in [4.69, 9.17) is 30.8 Å². The van der Waals surface area contributed by atoms with Crippen molar-refractivity contribution < 1.29 is 35.9 Å². The summed E-state index contributed by atoms with van der Waals surface area (Å²) >= 11 is 0. The number of fused-ring (bicyclic) bond motifs is 12. The molecule has 0 fully saturated rings. The number of para-hydroxylation sites is 2. The van der Waals surface area contributed by atoms with Crippen molar-refractivity contribution in [2.75, 3.05) is 0 Å². The van der Waals surface area contributed by atoms with Crippen molar-refractivity contribution in [1.82, 2.24) is 0 Å².